The number of ether oxygens (including phenoxy) is 1. The van der Waals surface area contributed by atoms with Gasteiger partial charge in [-0.3, -0.25) is 9.88 Å². The van der Waals surface area contributed by atoms with Crippen LogP contribution in [0.25, 0.3) is 0 Å². The Hall–Kier alpha value is -3.92. The van der Waals surface area contributed by atoms with Gasteiger partial charge in [0.1, 0.15) is 12.7 Å². The van der Waals surface area contributed by atoms with Gasteiger partial charge in [0, 0.05) is 31.0 Å². The molecule has 0 aromatic carbocycles. The highest BCUT2D eigenvalue weighted by molar-refractivity contribution is 5.66. The van der Waals surface area contributed by atoms with Gasteiger partial charge in [-0.05, 0) is 26.8 Å². The third-order valence-electron chi connectivity index (χ3n) is 5.44. The molecule has 10 heteroatoms. The van der Waals surface area contributed by atoms with Crippen LogP contribution in [0.4, 0.5) is 10.7 Å². The van der Waals surface area contributed by atoms with Crippen LogP contribution in [0.15, 0.2) is 30.9 Å². The Balaban J connectivity index is 1.75. The highest BCUT2D eigenvalue weighted by atomic mass is 16.5. The quantitative estimate of drug-likeness (QED) is 0.770. The number of pyridine rings is 1. The smallest absolute Gasteiger partial charge is 0.407 e. The highest BCUT2D eigenvalue weighted by Crippen LogP contribution is 2.33. The summed E-state index contributed by atoms with van der Waals surface area (Å²) in [6, 6.07) is 5.17. The number of carbonyl (C=O) groups is 1. The summed E-state index contributed by atoms with van der Waals surface area (Å²) in [5, 5.41) is 28.3. The second-order valence-electron chi connectivity index (χ2n) is 7.84. The molecule has 2 aromatic rings. The summed E-state index contributed by atoms with van der Waals surface area (Å²) in [4.78, 5) is 27.6. The lowest BCUT2D eigenvalue weighted by Crippen LogP contribution is -2.64. The van der Waals surface area contributed by atoms with Gasteiger partial charge in [0.2, 0.25) is 5.95 Å². The van der Waals surface area contributed by atoms with Crippen molar-refractivity contribution in [3.63, 3.8) is 0 Å². The van der Waals surface area contributed by atoms with Crippen molar-refractivity contribution >= 4 is 12.0 Å². The fourth-order valence-corrected chi connectivity index (χ4v) is 3.89. The molecule has 2 aromatic heterocycles. The largest absolute Gasteiger partial charge is 0.486 e. The lowest BCUT2D eigenvalue weighted by atomic mass is 9.79. The molecule has 3 rings (SSSR count). The van der Waals surface area contributed by atoms with E-state index in [2.05, 4.69) is 27.1 Å². The molecule has 1 amide bonds. The van der Waals surface area contributed by atoms with Crippen molar-refractivity contribution in [1.29, 1.82) is 10.5 Å². The minimum Gasteiger partial charge on any atom is -0.486 e. The third-order valence-corrected chi connectivity index (χ3v) is 5.44. The first-order chi connectivity index (χ1) is 14.8. The van der Waals surface area contributed by atoms with Gasteiger partial charge in [-0.15, -0.1) is 0 Å². The molecule has 0 spiro atoms. The van der Waals surface area contributed by atoms with Gasteiger partial charge in [0.05, 0.1) is 41.5 Å². The zero-order chi connectivity index (χ0) is 22.6. The Morgan fingerprint density at radius 3 is 2.61 bits per heavy atom. The lowest BCUT2D eigenvalue weighted by molar-refractivity contribution is 0.0689. The average molecular weight is 421 g/mol. The number of hydrogen-bond acceptors (Lipinski definition) is 8. The van der Waals surface area contributed by atoms with E-state index in [0.29, 0.717) is 29.4 Å². The molecule has 0 saturated carbocycles. The van der Waals surface area contributed by atoms with Crippen molar-refractivity contribution in [2.75, 3.05) is 18.0 Å². The van der Waals surface area contributed by atoms with Crippen LogP contribution in [0.1, 0.15) is 31.9 Å². The van der Waals surface area contributed by atoms with Gasteiger partial charge in [-0.1, -0.05) is 0 Å². The average Bonchev–Trinajstić information content (AvgIpc) is 2.77. The van der Waals surface area contributed by atoms with E-state index in [4.69, 9.17) is 10.00 Å². The molecule has 0 radical (unpaired) electrons. The molecule has 1 saturated heterocycles. The van der Waals surface area contributed by atoms with Crippen LogP contribution in [0.3, 0.4) is 0 Å². The molecule has 1 aliphatic rings. The monoisotopic (exact) mass is 421 g/mol. The first-order valence-electron chi connectivity index (χ1n) is 9.73. The summed E-state index contributed by atoms with van der Waals surface area (Å²) in [6.45, 7) is 6.18. The number of carboxylic acid groups (broad SMARTS) is 1. The Morgan fingerprint density at radius 2 is 2.00 bits per heavy atom. The second kappa shape index (κ2) is 8.84. The molecular weight excluding hydrogens is 398 g/mol. The fraction of sp³-hybridized carbons (Fsp3) is 0.429. The summed E-state index contributed by atoms with van der Waals surface area (Å²) in [6.07, 6.45) is 5.11. The number of aromatic nitrogens is 3. The summed E-state index contributed by atoms with van der Waals surface area (Å²) in [5.41, 5.74) is 0.264. The summed E-state index contributed by atoms with van der Waals surface area (Å²) < 4.78 is 5.69. The molecule has 2 atom stereocenters. The molecule has 10 nitrogen and oxygen atoms in total. The third kappa shape index (κ3) is 4.48. The number of nitrogens with zero attached hydrogens (tertiary/aromatic N) is 7. The van der Waals surface area contributed by atoms with Crippen molar-refractivity contribution in [2.24, 2.45) is 5.41 Å². The Bertz CT molecular complexity index is 1030. The van der Waals surface area contributed by atoms with Gasteiger partial charge < -0.3 is 14.7 Å². The highest BCUT2D eigenvalue weighted by Gasteiger charge is 2.46. The van der Waals surface area contributed by atoms with Crippen molar-refractivity contribution in [3.05, 3.63) is 42.0 Å². The van der Waals surface area contributed by atoms with E-state index in [9.17, 15) is 15.2 Å². The predicted molar refractivity (Wildman–Crippen MR) is 110 cm³/mol. The van der Waals surface area contributed by atoms with Gasteiger partial charge in [0.25, 0.3) is 0 Å². The standard InChI is InChI=1S/C21H23N7O3/c1-14-18(21(2,3)13-23)28(20(29)30)7-6-27(14)19-25-10-17(11-26-19)31-12-15-4-5-24-9-16(15)8-22/h4-5,9-11,14,18H,6-7,12H2,1-3H3,(H,29,30)/t14?,18-/m0/s1. The SMILES string of the molecule is CC1[C@@H](C(C)(C)C#N)N(C(=O)O)CCN1c1ncc(OCc2ccncc2C#N)cn1. The van der Waals surface area contributed by atoms with E-state index >= 15 is 0 Å². The first-order valence-corrected chi connectivity index (χ1v) is 9.73. The van der Waals surface area contributed by atoms with Gasteiger partial charge in [-0.2, -0.15) is 10.5 Å². The maximum absolute atomic E-state index is 11.7. The normalized spacial score (nSPS) is 18.7. The molecule has 1 aliphatic heterocycles. The van der Waals surface area contributed by atoms with Crippen LogP contribution >= 0.6 is 0 Å². The molecular formula is C21H23N7O3. The lowest BCUT2D eigenvalue weighted by Gasteiger charge is -2.49. The van der Waals surface area contributed by atoms with Crippen LogP contribution in [-0.4, -0.2) is 56.2 Å². The minimum absolute atomic E-state index is 0.181. The first kappa shape index (κ1) is 21.8. The maximum Gasteiger partial charge on any atom is 0.407 e. The Labute approximate surface area is 180 Å². The van der Waals surface area contributed by atoms with E-state index in [-0.39, 0.29) is 19.2 Å². The Morgan fingerprint density at radius 1 is 1.29 bits per heavy atom. The molecule has 3 heterocycles. The van der Waals surface area contributed by atoms with E-state index in [1.807, 2.05) is 11.8 Å². The van der Waals surface area contributed by atoms with Crippen molar-refractivity contribution in [2.45, 2.75) is 39.5 Å². The topological polar surface area (TPSA) is 139 Å². The van der Waals surface area contributed by atoms with Gasteiger partial charge in [-0.25, -0.2) is 14.8 Å². The van der Waals surface area contributed by atoms with Crippen LogP contribution < -0.4 is 9.64 Å². The molecule has 31 heavy (non-hydrogen) atoms. The number of nitriles is 2. The molecule has 1 N–H and O–H groups in total. The number of anilines is 1. The Kier molecular flexibility index (Phi) is 6.21. The van der Waals surface area contributed by atoms with Gasteiger partial charge in [0.15, 0.2) is 5.75 Å². The van der Waals surface area contributed by atoms with Crippen molar-refractivity contribution < 1.29 is 14.6 Å². The number of hydrogen-bond donors (Lipinski definition) is 1. The van der Waals surface area contributed by atoms with Crippen LogP contribution in [0, 0.1) is 28.1 Å². The van der Waals surface area contributed by atoms with Crippen LogP contribution in [0.2, 0.25) is 0 Å². The number of amides is 1. The van der Waals surface area contributed by atoms with Crippen molar-refractivity contribution in [1.82, 2.24) is 19.9 Å². The zero-order valence-electron chi connectivity index (χ0n) is 17.6. The van der Waals surface area contributed by atoms with Crippen LogP contribution in [-0.2, 0) is 6.61 Å². The number of piperazine rings is 1. The maximum atomic E-state index is 11.7. The fourth-order valence-electron chi connectivity index (χ4n) is 3.89. The van der Waals surface area contributed by atoms with E-state index in [1.54, 1.807) is 26.1 Å². The predicted octanol–water partition coefficient (Wildman–Crippen LogP) is 2.43. The summed E-state index contributed by atoms with van der Waals surface area (Å²) in [5.74, 6) is 0.875. The second-order valence-corrected chi connectivity index (χ2v) is 7.84. The molecule has 1 fully saturated rings. The van der Waals surface area contributed by atoms with Gasteiger partial charge >= 0.3 is 6.09 Å². The van der Waals surface area contributed by atoms with E-state index in [0.717, 1.165) is 0 Å². The van der Waals surface area contributed by atoms with Crippen LogP contribution in [0.5, 0.6) is 5.75 Å². The summed E-state index contributed by atoms with van der Waals surface area (Å²) >= 11 is 0. The minimum atomic E-state index is -1.04. The van der Waals surface area contributed by atoms with E-state index in [1.165, 1.54) is 23.5 Å². The molecule has 1 unspecified atom stereocenters. The van der Waals surface area contributed by atoms with E-state index < -0.39 is 17.6 Å². The zero-order valence-corrected chi connectivity index (χ0v) is 17.6. The van der Waals surface area contributed by atoms with Crippen molar-refractivity contribution in [3.8, 4) is 17.9 Å². The molecule has 160 valence electrons. The number of rotatable bonds is 5. The molecule has 0 bridgehead atoms. The molecule has 0 aliphatic carbocycles. The summed E-state index contributed by atoms with van der Waals surface area (Å²) in [7, 11) is 0.